The number of hydrogen-bond donors (Lipinski definition) is 1. The maximum absolute atomic E-state index is 12.5. The molecule has 5 nitrogen and oxygen atoms in total. The number of nitrogens with one attached hydrogen (secondary N) is 1. The number of nitrogens with zero attached hydrogens (tertiary/aromatic N) is 3. The van der Waals surface area contributed by atoms with Crippen molar-refractivity contribution in [2.75, 3.05) is 0 Å². The van der Waals surface area contributed by atoms with Crippen molar-refractivity contribution < 1.29 is 13.2 Å². The Hall–Kier alpha value is -1.77. The van der Waals surface area contributed by atoms with Crippen LogP contribution in [-0.2, 0) is 18.5 Å². The third-order valence-electron chi connectivity index (χ3n) is 2.49. The zero-order chi connectivity index (χ0) is 14.8. The zero-order valence-corrected chi connectivity index (χ0v) is 11.3. The Labute approximate surface area is 116 Å². The first kappa shape index (κ1) is 14.6. The lowest BCUT2D eigenvalue weighted by Gasteiger charge is -2.07. The summed E-state index contributed by atoms with van der Waals surface area (Å²) in [6, 6.07) is 0.442. The minimum atomic E-state index is -4.63. The number of aromatic nitrogens is 4. The fourth-order valence-electron chi connectivity index (χ4n) is 1.55. The molecule has 20 heavy (non-hydrogen) atoms. The van der Waals surface area contributed by atoms with Crippen LogP contribution < -0.4 is 5.56 Å². The van der Waals surface area contributed by atoms with Crippen LogP contribution in [0.3, 0.4) is 0 Å². The standard InChI is InChI=1S/C11H11F3N4OS/c1-2-18-4-3-15-8(18)6-20-10-16-7(11(12,13)14)5-9(19)17-10/h3-5H,2,6H2,1H3,(H,16,17,19). The minimum absolute atomic E-state index is 0.0736. The normalized spacial score (nSPS) is 11.8. The number of thioether (sulfide) groups is 1. The highest BCUT2D eigenvalue weighted by atomic mass is 32.2. The molecule has 2 rings (SSSR count). The highest BCUT2D eigenvalue weighted by Crippen LogP contribution is 2.28. The van der Waals surface area contributed by atoms with Gasteiger partial charge in [-0.05, 0) is 6.92 Å². The van der Waals surface area contributed by atoms with E-state index >= 15 is 0 Å². The van der Waals surface area contributed by atoms with Gasteiger partial charge < -0.3 is 9.55 Å². The van der Waals surface area contributed by atoms with E-state index in [4.69, 9.17) is 0 Å². The van der Waals surface area contributed by atoms with Crippen molar-refractivity contribution in [2.45, 2.75) is 30.6 Å². The molecular weight excluding hydrogens is 293 g/mol. The lowest BCUT2D eigenvalue weighted by molar-refractivity contribution is -0.141. The van der Waals surface area contributed by atoms with Crippen LogP contribution in [0.2, 0.25) is 0 Å². The fraction of sp³-hybridized carbons (Fsp3) is 0.364. The van der Waals surface area contributed by atoms with Crippen LogP contribution in [0.5, 0.6) is 0 Å². The Bertz CT molecular complexity index is 650. The van der Waals surface area contributed by atoms with Gasteiger partial charge in [-0.25, -0.2) is 9.97 Å². The zero-order valence-electron chi connectivity index (χ0n) is 10.4. The molecule has 1 N–H and O–H groups in total. The van der Waals surface area contributed by atoms with E-state index in [1.54, 1.807) is 12.4 Å². The molecule has 0 aliphatic heterocycles. The molecule has 0 aromatic carbocycles. The lowest BCUT2D eigenvalue weighted by Crippen LogP contribution is -2.16. The summed E-state index contributed by atoms with van der Waals surface area (Å²) < 4.78 is 39.5. The summed E-state index contributed by atoms with van der Waals surface area (Å²) in [6.07, 6.45) is -1.24. The Morgan fingerprint density at radius 2 is 2.20 bits per heavy atom. The molecule has 2 heterocycles. The highest BCUT2D eigenvalue weighted by molar-refractivity contribution is 7.98. The van der Waals surface area contributed by atoms with E-state index in [0.29, 0.717) is 24.2 Å². The van der Waals surface area contributed by atoms with Crippen LogP contribution in [0.25, 0.3) is 0 Å². The van der Waals surface area contributed by atoms with E-state index in [1.807, 2.05) is 11.5 Å². The summed E-state index contributed by atoms with van der Waals surface area (Å²) in [6.45, 7) is 2.64. The van der Waals surface area contributed by atoms with Crippen LogP contribution >= 0.6 is 11.8 Å². The van der Waals surface area contributed by atoms with Crippen molar-refractivity contribution in [3.63, 3.8) is 0 Å². The molecule has 0 saturated carbocycles. The Kier molecular flexibility index (Phi) is 4.17. The Balaban J connectivity index is 2.18. The van der Waals surface area contributed by atoms with E-state index in [1.165, 1.54) is 0 Å². The third-order valence-corrected chi connectivity index (χ3v) is 3.36. The topological polar surface area (TPSA) is 63.6 Å². The van der Waals surface area contributed by atoms with Gasteiger partial charge in [0.1, 0.15) is 5.82 Å². The maximum Gasteiger partial charge on any atom is 0.433 e. The van der Waals surface area contributed by atoms with Crippen LogP contribution in [-0.4, -0.2) is 19.5 Å². The summed E-state index contributed by atoms with van der Waals surface area (Å²) in [5.74, 6) is 1.03. The van der Waals surface area contributed by atoms with Gasteiger partial charge in [0.2, 0.25) is 0 Å². The van der Waals surface area contributed by atoms with Crippen molar-refractivity contribution in [1.82, 2.24) is 19.5 Å². The van der Waals surface area contributed by atoms with Gasteiger partial charge in [-0.1, -0.05) is 11.8 Å². The molecular formula is C11H11F3N4OS. The van der Waals surface area contributed by atoms with Gasteiger partial charge >= 0.3 is 6.18 Å². The monoisotopic (exact) mass is 304 g/mol. The predicted molar refractivity (Wildman–Crippen MR) is 67.3 cm³/mol. The number of aromatic amines is 1. The Morgan fingerprint density at radius 1 is 1.45 bits per heavy atom. The fourth-order valence-corrected chi connectivity index (χ4v) is 2.39. The molecule has 108 valence electrons. The van der Waals surface area contributed by atoms with Gasteiger partial charge in [0.05, 0.1) is 5.75 Å². The average molecular weight is 304 g/mol. The molecule has 0 atom stereocenters. The molecule has 0 unspecified atom stereocenters. The summed E-state index contributed by atoms with van der Waals surface area (Å²) in [5, 5.41) is -0.0736. The van der Waals surface area contributed by atoms with Gasteiger partial charge in [0.15, 0.2) is 10.9 Å². The number of halogens is 3. The molecule has 0 fully saturated rings. The van der Waals surface area contributed by atoms with E-state index in [-0.39, 0.29) is 5.16 Å². The summed E-state index contributed by atoms with van der Waals surface area (Å²) >= 11 is 1.00. The molecule has 0 radical (unpaired) electrons. The SMILES string of the molecule is CCn1ccnc1CSc1nc(C(F)(F)F)cc(=O)[nH]1. The quantitative estimate of drug-likeness (QED) is 0.695. The predicted octanol–water partition coefficient (Wildman–Crippen LogP) is 2.30. The second-order valence-corrected chi connectivity index (χ2v) is 4.82. The van der Waals surface area contributed by atoms with Crippen LogP contribution in [0.15, 0.2) is 28.4 Å². The van der Waals surface area contributed by atoms with Gasteiger partial charge in [-0.2, -0.15) is 13.2 Å². The second kappa shape index (κ2) is 5.70. The number of H-pyrrole nitrogens is 1. The molecule has 0 bridgehead atoms. The van der Waals surface area contributed by atoms with Crippen molar-refractivity contribution in [2.24, 2.45) is 0 Å². The van der Waals surface area contributed by atoms with Crippen molar-refractivity contribution in [3.8, 4) is 0 Å². The third kappa shape index (κ3) is 3.41. The highest BCUT2D eigenvalue weighted by Gasteiger charge is 2.33. The van der Waals surface area contributed by atoms with Gasteiger partial charge in [-0.15, -0.1) is 0 Å². The first-order chi connectivity index (χ1) is 9.40. The van der Waals surface area contributed by atoms with Gasteiger partial charge in [0, 0.05) is 25.0 Å². The number of rotatable bonds is 4. The molecule has 0 saturated heterocycles. The van der Waals surface area contributed by atoms with Gasteiger partial charge in [0.25, 0.3) is 5.56 Å². The smallest absolute Gasteiger partial charge is 0.335 e. The van der Waals surface area contributed by atoms with E-state index in [0.717, 1.165) is 11.8 Å². The Morgan fingerprint density at radius 3 is 2.85 bits per heavy atom. The summed E-state index contributed by atoms with van der Waals surface area (Å²) in [7, 11) is 0. The van der Waals surface area contributed by atoms with Crippen molar-refractivity contribution in [1.29, 1.82) is 0 Å². The van der Waals surface area contributed by atoms with Crippen molar-refractivity contribution in [3.05, 3.63) is 40.3 Å². The number of imidazole rings is 1. The molecule has 0 aliphatic rings. The number of aryl methyl sites for hydroxylation is 1. The largest absolute Gasteiger partial charge is 0.433 e. The molecule has 0 aliphatic carbocycles. The van der Waals surface area contributed by atoms with Crippen LogP contribution in [0.4, 0.5) is 13.2 Å². The lowest BCUT2D eigenvalue weighted by atomic mass is 10.4. The summed E-state index contributed by atoms with van der Waals surface area (Å²) in [5.41, 5.74) is -2.02. The van der Waals surface area contributed by atoms with E-state index < -0.39 is 17.4 Å². The summed E-state index contributed by atoms with van der Waals surface area (Å²) in [4.78, 5) is 21.0. The van der Waals surface area contributed by atoms with E-state index in [2.05, 4.69) is 15.0 Å². The number of hydrogen-bond acceptors (Lipinski definition) is 4. The second-order valence-electron chi connectivity index (χ2n) is 3.85. The molecule has 0 spiro atoms. The average Bonchev–Trinajstić information content (AvgIpc) is 2.82. The minimum Gasteiger partial charge on any atom is -0.335 e. The van der Waals surface area contributed by atoms with Crippen molar-refractivity contribution >= 4 is 11.8 Å². The molecule has 0 amide bonds. The molecule has 9 heteroatoms. The van der Waals surface area contributed by atoms with E-state index in [9.17, 15) is 18.0 Å². The van der Waals surface area contributed by atoms with Crippen LogP contribution in [0, 0.1) is 0 Å². The molecule has 2 aromatic rings. The van der Waals surface area contributed by atoms with Crippen LogP contribution in [0.1, 0.15) is 18.4 Å². The number of alkyl halides is 3. The first-order valence-corrected chi connectivity index (χ1v) is 6.70. The molecule has 2 aromatic heterocycles. The maximum atomic E-state index is 12.5. The van der Waals surface area contributed by atoms with Gasteiger partial charge in [-0.3, -0.25) is 4.79 Å². The first-order valence-electron chi connectivity index (χ1n) is 5.71.